The zero-order valence-electron chi connectivity index (χ0n) is 10.9. The van der Waals surface area contributed by atoms with Crippen LogP contribution >= 0.6 is 0 Å². The van der Waals surface area contributed by atoms with Gasteiger partial charge in [0.25, 0.3) is 11.8 Å². The lowest BCUT2D eigenvalue weighted by Gasteiger charge is -2.20. The van der Waals surface area contributed by atoms with Crippen molar-refractivity contribution in [2.45, 2.75) is 19.4 Å². The van der Waals surface area contributed by atoms with Crippen molar-refractivity contribution in [2.75, 3.05) is 18.5 Å². The Bertz CT molecular complexity index is 520. The molecule has 2 rings (SSSR count). The lowest BCUT2D eigenvalue weighted by molar-refractivity contribution is -0.118. The maximum absolute atomic E-state index is 11.9. The predicted molar refractivity (Wildman–Crippen MR) is 71.2 cm³/mol. The van der Waals surface area contributed by atoms with Gasteiger partial charge in [-0.2, -0.15) is 0 Å². The van der Waals surface area contributed by atoms with Gasteiger partial charge in [0, 0.05) is 17.6 Å². The van der Waals surface area contributed by atoms with Crippen LogP contribution in [0.2, 0.25) is 0 Å². The summed E-state index contributed by atoms with van der Waals surface area (Å²) in [6.07, 6.45) is 0. The van der Waals surface area contributed by atoms with Crippen molar-refractivity contribution in [2.24, 2.45) is 5.73 Å². The molecule has 6 heteroatoms. The zero-order valence-corrected chi connectivity index (χ0v) is 10.9. The Hall–Kier alpha value is -2.08. The topological polar surface area (TPSA) is 93.5 Å². The molecule has 1 aromatic carbocycles. The first-order valence-electron chi connectivity index (χ1n) is 5.99. The van der Waals surface area contributed by atoms with Crippen LogP contribution in [0.15, 0.2) is 18.2 Å². The second-order valence-corrected chi connectivity index (χ2v) is 5.22. The normalized spacial score (nSPS) is 14.2. The van der Waals surface area contributed by atoms with E-state index in [1.54, 1.807) is 18.2 Å². The summed E-state index contributed by atoms with van der Waals surface area (Å²) in [5.74, 6) is 0.101. The van der Waals surface area contributed by atoms with E-state index in [-0.39, 0.29) is 18.4 Å². The summed E-state index contributed by atoms with van der Waals surface area (Å²) in [5, 5.41) is 5.40. The quantitative estimate of drug-likeness (QED) is 0.739. The summed E-state index contributed by atoms with van der Waals surface area (Å²) in [4.78, 5) is 23.1. The summed E-state index contributed by atoms with van der Waals surface area (Å²) in [6.45, 7) is 4.02. The van der Waals surface area contributed by atoms with Crippen LogP contribution in [0, 0.1) is 0 Å². The summed E-state index contributed by atoms with van der Waals surface area (Å²) >= 11 is 0. The fraction of sp³-hybridized carbons (Fsp3) is 0.385. The number of fused-ring (bicyclic) bond motifs is 1. The third kappa shape index (κ3) is 3.45. The number of hydrogen-bond acceptors (Lipinski definition) is 4. The van der Waals surface area contributed by atoms with Gasteiger partial charge in [-0.3, -0.25) is 9.59 Å². The Kier molecular flexibility index (Phi) is 3.44. The first-order chi connectivity index (χ1) is 8.85. The second kappa shape index (κ2) is 4.89. The van der Waals surface area contributed by atoms with Crippen LogP contribution < -0.4 is 21.1 Å². The van der Waals surface area contributed by atoms with E-state index in [0.717, 1.165) is 0 Å². The average molecular weight is 263 g/mol. The fourth-order valence-corrected chi connectivity index (χ4v) is 1.63. The van der Waals surface area contributed by atoms with E-state index >= 15 is 0 Å². The molecule has 4 N–H and O–H groups in total. The SMILES string of the molecule is CC(C)(N)CNC(=O)c1ccc2c(c1)NC(=O)CO2. The molecule has 6 nitrogen and oxygen atoms in total. The van der Waals surface area contributed by atoms with E-state index < -0.39 is 5.54 Å². The van der Waals surface area contributed by atoms with Gasteiger partial charge in [-0.15, -0.1) is 0 Å². The smallest absolute Gasteiger partial charge is 0.262 e. The Morgan fingerprint density at radius 2 is 2.26 bits per heavy atom. The maximum atomic E-state index is 11.9. The van der Waals surface area contributed by atoms with Gasteiger partial charge in [-0.25, -0.2) is 0 Å². The van der Waals surface area contributed by atoms with Gasteiger partial charge in [-0.05, 0) is 32.0 Å². The van der Waals surface area contributed by atoms with Crippen LogP contribution in [0.25, 0.3) is 0 Å². The van der Waals surface area contributed by atoms with Crippen molar-refractivity contribution in [1.29, 1.82) is 0 Å². The minimum atomic E-state index is -0.471. The fourth-order valence-electron chi connectivity index (χ4n) is 1.63. The Labute approximate surface area is 111 Å². The molecule has 0 saturated carbocycles. The lowest BCUT2D eigenvalue weighted by atomic mass is 10.1. The van der Waals surface area contributed by atoms with Crippen molar-refractivity contribution in [1.82, 2.24) is 5.32 Å². The molecule has 19 heavy (non-hydrogen) atoms. The van der Waals surface area contributed by atoms with Gasteiger partial charge in [0.05, 0.1) is 5.69 Å². The number of carbonyl (C=O) groups excluding carboxylic acids is 2. The average Bonchev–Trinajstić information content (AvgIpc) is 2.34. The molecule has 1 aliphatic rings. The van der Waals surface area contributed by atoms with Gasteiger partial charge >= 0.3 is 0 Å². The summed E-state index contributed by atoms with van der Waals surface area (Å²) < 4.78 is 5.22. The molecule has 0 radical (unpaired) electrons. The second-order valence-electron chi connectivity index (χ2n) is 5.22. The highest BCUT2D eigenvalue weighted by atomic mass is 16.5. The number of nitrogens with one attached hydrogen (secondary N) is 2. The van der Waals surface area contributed by atoms with Gasteiger partial charge in [0.15, 0.2) is 6.61 Å². The third-order valence-corrected chi connectivity index (χ3v) is 2.58. The summed E-state index contributed by atoms with van der Waals surface area (Å²) in [5.41, 5.74) is 6.29. The molecule has 2 amide bonds. The highest BCUT2D eigenvalue weighted by Gasteiger charge is 2.18. The number of benzene rings is 1. The van der Waals surface area contributed by atoms with Crippen LogP contribution in [0.1, 0.15) is 24.2 Å². The molecule has 0 aromatic heterocycles. The Balaban J connectivity index is 2.11. The van der Waals surface area contributed by atoms with E-state index in [4.69, 9.17) is 10.5 Å². The van der Waals surface area contributed by atoms with Crippen LogP contribution in [0.4, 0.5) is 5.69 Å². The van der Waals surface area contributed by atoms with Gasteiger partial charge in [0.2, 0.25) is 0 Å². The molecule has 0 atom stereocenters. The van der Waals surface area contributed by atoms with Crippen LogP contribution in [0.5, 0.6) is 5.75 Å². The zero-order chi connectivity index (χ0) is 14.0. The summed E-state index contributed by atoms with van der Waals surface area (Å²) in [7, 11) is 0. The number of amides is 2. The number of rotatable bonds is 3. The van der Waals surface area contributed by atoms with Crippen molar-refractivity contribution < 1.29 is 14.3 Å². The Morgan fingerprint density at radius 3 is 2.95 bits per heavy atom. The van der Waals surface area contributed by atoms with Crippen molar-refractivity contribution in [3.8, 4) is 5.75 Å². The van der Waals surface area contributed by atoms with E-state index in [1.165, 1.54) is 0 Å². The third-order valence-electron chi connectivity index (χ3n) is 2.58. The van der Waals surface area contributed by atoms with Crippen LogP contribution in [0.3, 0.4) is 0 Å². The van der Waals surface area contributed by atoms with E-state index in [2.05, 4.69) is 10.6 Å². The highest BCUT2D eigenvalue weighted by Crippen LogP contribution is 2.28. The highest BCUT2D eigenvalue weighted by molar-refractivity contribution is 5.99. The van der Waals surface area contributed by atoms with Crippen molar-refractivity contribution in [3.05, 3.63) is 23.8 Å². The van der Waals surface area contributed by atoms with E-state index in [9.17, 15) is 9.59 Å². The molecular weight excluding hydrogens is 246 g/mol. The first kappa shape index (κ1) is 13.4. The molecule has 1 heterocycles. The standard InChI is InChI=1S/C13H17N3O3/c1-13(2,14)7-15-12(18)8-3-4-10-9(5-8)16-11(17)6-19-10/h3-5H,6-7,14H2,1-2H3,(H,15,18)(H,16,17). The van der Waals surface area contributed by atoms with Crippen LogP contribution in [-0.4, -0.2) is 30.5 Å². The molecule has 0 aliphatic carbocycles. The van der Waals surface area contributed by atoms with Gasteiger partial charge in [-0.1, -0.05) is 0 Å². The molecule has 0 spiro atoms. The Morgan fingerprint density at radius 1 is 1.53 bits per heavy atom. The minimum Gasteiger partial charge on any atom is -0.482 e. The molecule has 1 aromatic rings. The minimum absolute atomic E-state index is 0.0000932. The molecule has 0 unspecified atom stereocenters. The van der Waals surface area contributed by atoms with Gasteiger partial charge in [0.1, 0.15) is 5.75 Å². The number of anilines is 1. The molecule has 0 bridgehead atoms. The largest absolute Gasteiger partial charge is 0.482 e. The number of ether oxygens (including phenoxy) is 1. The first-order valence-corrected chi connectivity index (χ1v) is 5.99. The van der Waals surface area contributed by atoms with Crippen molar-refractivity contribution >= 4 is 17.5 Å². The number of hydrogen-bond donors (Lipinski definition) is 3. The van der Waals surface area contributed by atoms with Gasteiger partial charge < -0.3 is 21.1 Å². The molecule has 0 fully saturated rings. The monoisotopic (exact) mass is 263 g/mol. The van der Waals surface area contributed by atoms with E-state index in [0.29, 0.717) is 23.5 Å². The van der Waals surface area contributed by atoms with Crippen molar-refractivity contribution in [3.63, 3.8) is 0 Å². The molecule has 0 saturated heterocycles. The molecular formula is C13H17N3O3. The van der Waals surface area contributed by atoms with E-state index in [1.807, 2.05) is 13.8 Å². The molecule has 1 aliphatic heterocycles. The predicted octanol–water partition coefficient (Wildman–Crippen LogP) is 0.485. The van der Waals surface area contributed by atoms with Crippen LogP contribution in [-0.2, 0) is 4.79 Å². The maximum Gasteiger partial charge on any atom is 0.262 e. The summed E-state index contributed by atoms with van der Waals surface area (Å²) in [6, 6.07) is 4.90. The number of carbonyl (C=O) groups is 2. The lowest BCUT2D eigenvalue weighted by Crippen LogP contribution is -2.45. The molecule has 102 valence electrons. The number of nitrogens with two attached hydrogens (primary N) is 1.